The molecule has 0 unspecified atom stereocenters. The first kappa shape index (κ1) is 26.3. The van der Waals surface area contributed by atoms with E-state index in [1.54, 1.807) is 26.4 Å². The predicted octanol–water partition coefficient (Wildman–Crippen LogP) is 3.40. The molecule has 1 aliphatic carbocycles. The second-order valence-corrected chi connectivity index (χ2v) is 9.45. The number of hydrogen-bond acceptors (Lipinski definition) is 6. The number of nitrogens with one attached hydrogen (secondary N) is 1. The molecule has 2 aromatic rings. The topological polar surface area (TPSA) is 94.1 Å². The van der Waals surface area contributed by atoms with Crippen molar-refractivity contribution < 1.29 is 33.3 Å². The van der Waals surface area contributed by atoms with E-state index in [1.165, 1.54) is 6.07 Å². The predicted molar refractivity (Wildman–Crippen MR) is 132 cm³/mol. The molecule has 0 radical (unpaired) electrons. The summed E-state index contributed by atoms with van der Waals surface area (Å²) in [5.74, 6) is -0.521. The van der Waals surface area contributed by atoms with Gasteiger partial charge in [-0.25, -0.2) is 4.39 Å². The van der Waals surface area contributed by atoms with E-state index in [2.05, 4.69) is 5.32 Å². The number of Topliss-reactive ketones (excluding diaryl/α,β-unsaturated/α-hetero) is 1. The second kappa shape index (κ2) is 12.0. The molecule has 2 N–H and O–H groups in total. The SMILES string of the molecule is COCCCC(=O)c1ccc(Cc2cc(C(=O)N[C@H]3CCOC[C@@H]3O)c(OC)c3c2CCC3)cc1F. The average Bonchev–Trinajstić information content (AvgIpc) is 3.36. The molecule has 2 aromatic carbocycles. The number of aliphatic hydroxyl groups is 1. The van der Waals surface area contributed by atoms with Crippen LogP contribution in [0.3, 0.4) is 0 Å². The van der Waals surface area contributed by atoms with Crippen LogP contribution < -0.4 is 10.1 Å². The largest absolute Gasteiger partial charge is 0.496 e. The Morgan fingerprint density at radius 2 is 1.97 bits per heavy atom. The lowest BCUT2D eigenvalue weighted by Crippen LogP contribution is -2.48. The zero-order chi connectivity index (χ0) is 25.7. The first-order valence-electron chi connectivity index (χ1n) is 12.5. The molecule has 8 heteroatoms. The Morgan fingerprint density at radius 3 is 2.69 bits per heavy atom. The molecule has 2 atom stereocenters. The number of carbonyl (C=O) groups is 2. The molecule has 2 aliphatic rings. The smallest absolute Gasteiger partial charge is 0.255 e. The summed E-state index contributed by atoms with van der Waals surface area (Å²) in [7, 11) is 3.13. The second-order valence-electron chi connectivity index (χ2n) is 9.45. The van der Waals surface area contributed by atoms with Gasteiger partial charge in [-0.1, -0.05) is 6.07 Å². The van der Waals surface area contributed by atoms with Crippen molar-refractivity contribution in [3.8, 4) is 5.75 Å². The Bertz CT molecular complexity index is 1120. The number of methoxy groups -OCH3 is 2. The summed E-state index contributed by atoms with van der Waals surface area (Å²) < 4.78 is 30.8. The summed E-state index contributed by atoms with van der Waals surface area (Å²) in [4.78, 5) is 25.6. The molecule has 0 bridgehead atoms. The first-order valence-corrected chi connectivity index (χ1v) is 12.5. The van der Waals surface area contributed by atoms with Crippen LogP contribution in [0, 0.1) is 5.82 Å². The van der Waals surface area contributed by atoms with Gasteiger partial charge in [-0.05, 0) is 79.0 Å². The molecule has 1 heterocycles. The van der Waals surface area contributed by atoms with Gasteiger partial charge < -0.3 is 24.6 Å². The van der Waals surface area contributed by atoms with Crippen molar-refractivity contribution in [1.29, 1.82) is 0 Å². The van der Waals surface area contributed by atoms with Gasteiger partial charge >= 0.3 is 0 Å². The fourth-order valence-corrected chi connectivity index (χ4v) is 5.16. The molecular weight excluding hydrogens is 465 g/mol. The number of hydrogen-bond donors (Lipinski definition) is 2. The summed E-state index contributed by atoms with van der Waals surface area (Å²) in [5, 5.41) is 13.1. The number of ketones is 1. The van der Waals surface area contributed by atoms with E-state index >= 15 is 0 Å². The van der Waals surface area contributed by atoms with Gasteiger partial charge in [0.25, 0.3) is 5.91 Å². The molecule has 0 aromatic heterocycles. The van der Waals surface area contributed by atoms with Crippen molar-refractivity contribution in [2.24, 2.45) is 0 Å². The van der Waals surface area contributed by atoms with Gasteiger partial charge in [0, 0.05) is 26.7 Å². The third-order valence-corrected chi connectivity index (χ3v) is 7.02. The monoisotopic (exact) mass is 499 g/mol. The molecule has 0 spiro atoms. The van der Waals surface area contributed by atoms with Gasteiger partial charge in [0.2, 0.25) is 0 Å². The molecule has 7 nitrogen and oxygen atoms in total. The fourth-order valence-electron chi connectivity index (χ4n) is 5.16. The van der Waals surface area contributed by atoms with Crippen LogP contribution in [0.25, 0.3) is 0 Å². The Kier molecular flexibility index (Phi) is 8.72. The van der Waals surface area contributed by atoms with Gasteiger partial charge in [-0.2, -0.15) is 0 Å². The number of halogens is 1. The number of benzene rings is 2. The van der Waals surface area contributed by atoms with E-state index < -0.39 is 18.0 Å². The van der Waals surface area contributed by atoms with E-state index in [0.717, 1.165) is 41.5 Å². The third-order valence-electron chi connectivity index (χ3n) is 7.02. The van der Waals surface area contributed by atoms with Crippen LogP contribution in [0.2, 0.25) is 0 Å². The van der Waals surface area contributed by atoms with Gasteiger partial charge in [0.1, 0.15) is 11.6 Å². The molecule has 194 valence electrons. The molecule has 0 saturated carbocycles. The van der Waals surface area contributed by atoms with Crippen LogP contribution >= 0.6 is 0 Å². The maximum absolute atomic E-state index is 14.8. The molecule has 1 saturated heterocycles. The lowest BCUT2D eigenvalue weighted by Gasteiger charge is -2.29. The molecular formula is C28H34FNO6. The lowest BCUT2D eigenvalue weighted by molar-refractivity contribution is -0.0261. The zero-order valence-corrected chi connectivity index (χ0v) is 20.9. The van der Waals surface area contributed by atoms with Crippen LogP contribution in [-0.4, -0.2) is 63.0 Å². The van der Waals surface area contributed by atoms with Crippen molar-refractivity contribution in [3.63, 3.8) is 0 Å². The van der Waals surface area contributed by atoms with Gasteiger partial charge in [-0.3, -0.25) is 9.59 Å². The van der Waals surface area contributed by atoms with E-state index in [1.807, 2.05) is 6.07 Å². The summed E-state index contributed by atoms with van der Waals surface area (Å²) in [6, 6.07) is 6.16. The minimum absolute atomic E-state index is 0.0879. The van der Waals surface area contributed by atoms with Crippen molar-refractivity contribution in [3.05, 3.63) is 63.5 Å². The number of ether oxygens (including phenoxy) is 3. The average molecular weight is 500 g/mol. The lowest BCUT2D eigenvalue weighted by atomic mass is 9.92. The Morgan fingerprint density at radius 1 is 1.17 bits per heavy atom. The molecule has 1 aliphatic heterocycles. The number of rotatable bonds is 10. The van der Waals surface area contributed by atoms with Crippen molar-refractivity contribution >= 4 is 11.7 Å². The van der Waals surface area contributed by atoms with Crippen LogP contribution in [0.1, 0.15) is 68.7 Å². The maximum atomic E-state index is 14.8. The van der Waals surface area contributed by atoms with E-state index in [-0.39, 0.29) is 30.3 Å². The Balaban J connectivity index is 1.59. The summed E-state index contributed by atoms with van der Waals surface area (Å²) in [6.45, 7) is 1.12. The molecule has 1 fully saturated rings. The van der Waals surface area contributed by atoms with Gasteiger partial charge in [0.05, 0.1) is 37.0 Å². The molecule has 36 heavy (non-hydrogen) atoms. The van der Waals surface area contributed by atoms with Crippen molar-refractivity contribution in [2.45, 2.75) is 57.1 Å². The fraction of sp³-hybridized carbons (Fsp3) is 0.500. The molecule has 4 rings (SSSR count). The minimum atomic E-state index is -0.763. The van der Waals surface area contributed by atoms with Crippen molar-refractivity contribution in [2.75, 3.05) is 34.0 Å². The highest BCUT2D eigenvalue weighted by atomic mass is 19.1. The highest BCUT2D eigenvalue weighted by Crippen LogP contribution is 2.37. The van der Waals surface area contributed by atoms with E-state index in [9.17, 15) is 19.1 Å². The Labute approximate surface area is 210 Å². The summed E-state index contributed by atoms with van der Waals surface area (Å²) in [5.41, 5.74) is 4.32. The number of carbonyl (C=O) groups excluding carboxylic acids is 2. The van der Waals surface area contributed by atoms with Crippen LogP contribution in [0.4, 0.5) is 4.39 Å². The standard InChI is InChI=1S/C28H34FNO6/c1-34-11-4-7-25(31)21-9-8-17(14-23(21)29)13-18-15-22(27(35-2)20-6-3-5-19(18)20)28(33)30-24-10-12-36-16-26(24)32/h8-9,14-15,24,26,32H,3-7,10-13,16H2,1-2H3,(H,30,33)/t24-,26-/m0/s1. The van der Waals surface area contributed by atoms with Crippen molar-refractivity contribution in [1.82, 2.24) is 5.32 Å². The highest BCUT2D eigenvalue weighted by Gasteiger charge is 2.30. The minimum Gasteiger partial charge on any atom is -0.496 e. The number of aliphatic hydroxyl groups excluding tert-OH is 1. The third kappa shape index (κ3) is 5.77. The number of fused-ring (bicyclic) bond motifs is 1. The van der Waals surface area contributed by atoms with E-state index in [4.69, 9.17) is 14.2 Å². The van der Waals surface area contributed by atoms with Crippen LogP contribution in [-0.2, 0) is 28.7 Å². The first-order chi connectivity index (χ1) is 17.4. The Hall–Kier alpha value is -2.81. The maximum Gasteiger partial charge on any atom is 0.255 e. The highest BCUT2D eigenvalue weighted by molar-refractivity contribution is 5.98. The van der Waals surface area contributed by atoms with Crippen LogP contribution in [0.5, 0.6) is 5.75 Å². The summed E-state index contributed by atoms with van der Waals surface area (Å²) >= 11 is 0. The van der Waals surface area contributed by atoms with Gasteiger partial charge in [-0.15, -0.1) is 0 Å². The van der Waals surface area contributed by atoms with E-state index in [0.29, 0.717) is 43.8 Å². The van der Waals surface area contributed by atoms with Gasteiger partial charge in [0.15, 0.2) is 5.78 Å². The number of amides is 1. The summed E-state index contributed by atoms with van der Waals surface area (Å²) in [6.07, 6.45) is 3.59. The normalized spacial score (nSPS) is 19.1. The quantitative estimate of drug-likeness (QED) is 0.385. The van der Waals surface area contributed by atoms with Crippen LogP contribution in [0.15, 0.2) is 24.3 Å². The zero-order valence-electron chi connectivity index (χ0n) is 20.9. The molecule has 1 amide bonds.